The van der Waals surface area contributed by atoms with Gasteiger partial charge in [-0.25, -0.2) is 0 Å². The first kappa shape index (κ1) is 19.9. The molecule has 2 fully saturated rings. The average molecular weight is 472 g/mol. The number of nitrogens with one attached hydrogen (secondary N) is 1. The summed E-state index contributed by atoms with van der Waals surface area (Å²) in [5.41, 5.74) is 1.16. The molecule has 2 heterocycles. The topological polar surface area (TPSA) is 56.8 Å². The van der Waals surface area contributed by atoms with Crippen molar-refractivity contribution in [1.82, 2.24) is 0 Å². The van der Waals surface area contributed by atoms with E-state index in [1.54, 1.807) is 0 Å². The maximum absolute atomic E-state index is 13.5. The predicted octanol–water partition coefficient (Wildman–Crippen LogP) is 5.57. The Morgan fingerprint density at radius 1 is 0.867 bits per heavy atom. The van der Waals surface area contributed by atoms with Gasteiger partial charge in [-0.15, -0.1) is 0 Å². The zero-order chi connectivity index (χ0) is 20.6. The molecule has 2 aromatic carbocycles. The summed E-state index contributed by atoms with van der Waals surface area (Å²) in [6.45, 7) is 1.15. The van der Waals surface area contributed by atoms with Crippen LogP contribution in [0, 0.1) is 0 Å². The summed E-state index contributed by atoms with van der Waals surface area (Å²) < 4.78 is 19.0. The van der Waals surface area contributed by atoms with Crippen LogP contribution in [0.5, 0.6) is 11.5 Å². The molecule has 0 aromatic heterocycles. The summed E-state index contributed by atoms with van der Waals surface area (Å²) in [6.07, 6.45) is 6.62. The molecule has 30 heavy (non-hydrogen) atoms. The third-order valence-electron chi connectivity index (χ3n) is 6.59. The highest BCUT2D eigenvalue weighted by atomic mass is 79.9. The lowest BCUT2D eigenvalue weighted by atomic mass is 9.73. The Bertz CT molecular complexity index is 931. The van der Waals surface area contributed by atoms with Crippen LogP contribution in [-0.2, 0) is 14.9 Å². The van der Waals surface area contributed by atoms with Crippen LogP contribution in [0.15, 0.2) is 46.9 Å². The molecule has 2 aliphatic heterocycles. The Labute approximate surface area is 185 Å². The predicted molar refractivity (Wildman–Crippen MR) is 118 cm³/mol. The summed E-state index contributed by atoms with van der Waals surface area (Å²) in [6, 6.07) is 13.7. The van der Waals surface area contributed by atoms with Crippen LogP contribution in [0.2, 0.25) is 0 Å². The largest absolute Gasteiger partial charge is 0.448 e. The molecule has 158 valence electrons. The quantitative estimate of drug-likeness (QED) is 0.635. The van der Waals surface area contributed by atoms with Gasteiger partial charge in [-0.1, -0.05) is 34.5 Å². The Kier molecular flexibility index (Phi) is 5.23. The minimum Gasteiger partial charge on any atom is -0.448 e. The van der Waals surface area contributed by atoms with Crippen LogP contribution in [0.3, 0.4) is 0 Å². The van der Waals surface area contributed by atoms with Crippen molar-refractivity contribution in [3.8, 4) is 11.5 Å². The molecule has 0 unspecified atom stereocenters. The molecule has 1 saturated carbocycles. The molecule has 0 atom stereocenters. The Hall–Kier alpha value is -2.05. The number of ether oxygens (including phenoxy) is 3. The molecular formula is C24H26BrNO4. The lowest BCUT2D eigenvalue weighted by Crippen LogP contribution is -2.44. The van der Waals surface area contributed by atoms with E-state index >= 15 is 0 Å². The normalized spacial score (nSPS) is 21.4. The molecule has 2 aromatic rings. The fourth-order valence-electron chi connectivity index (χ4n) is 4.85. The van der Waals surface area contributed by atoms with E-state index in [1.165, 1.54) is 6.42 Å². The van der Waals surface area contributed by atoms with Gasteiger partial charge in [0.15, 0.2) is 11.5 Å². The fourth-order valence-corrected chi connectivity index (χ4v) is 5.12. The van der Waals surface area contributed by atoms with Crippen LogP contribution in [-0.4, -0.2) is 24.9 Å². The molecular weight excluding hydrogens is 446 g/mol. The molecule has 1 spiro atoms. The molecule has 6 heteroatoms. The van der Waals surface area contributed by atoms with E-state index in [-0.39, 0.29) is 5.91 Å². The summed E-state index contributed by atoms with van der Waals surface area (Å²) in [7, 11) is 0. The molecule has 5 nitrogen and oxygen atoms in total. The van der Waals surface area contributed by atoms with Crippen LogP contribution >= 0.6 is 15.9 Å². The van der Waals surface area contributed by atoms with Crippen molar-refractivity contribution >= 4 is 27.5 Å². The number of amides is 1. The molecule has 1 amide bonds. The van der Waals surface area contributed by atoms with Crippen molar-refractivity contribution in [2.45, 2.75) is 56.1 Å². The first-order valence-electron chi connectivity index (χ1n) is 10.8. The third-order valence-corrected chi connectivity index (χ3v) is 7.12. The highest BCUT2D eigenvalue weighted by Gasteiger charge is 2.44. The van der Waals surface area contributed by atoms with E-state index in [1.807, 2.05) is 42.5 Å². The highest BCUT2D eigenvalue weighted by Crippen LogP contribution is 2.46. The minimum atomic E-state index is -0.597. The second-order valence-corrected chi connectivity index (χ2v) is 9.41. The smallest absolute Gasteiger partial charge is 0.251 e. The summed E-state index contributed by atoms with van der Waals surface area (Å²) >= 11 is 3.49. The second kappa shape index (κ2) is 7.89. The monoisotopic (exact) mass is 471 g/mol. The van der Waals surface area contributed by atoms with Gasteiger partial charge < -0.3 is 19.5 Å². The molecule has 1 N–H and O–H groups in total. The minimum absolute atomic E-state index is 0.000586. The number of carbonyl (C=O) groups excluding carboxylic acids is 1. The van der Waals surface area contributed by atoms with Crippen molar-refractivity contribution < 1.29 is 19.0 Å². The van der Waals surface area contributed by atoms with E-state index in [0.717, 1.165) is 52.9 Å². The Morgan fingerprint density at radius 2 is 1.57 bits per heavy atom. The van der Waals surface area contributed by atoms with Crippen LogP contribution in [0.4, 0.5) is 5.69 Å². The molecule has 0 radical (unpaired) electrons. The first-order valence-corrected chi connectivity index (χ1v) is 11.6. The maximum atomic E-state index is 13.5. The zero-order valence-corrected chi connectivity index (χ0v) is 18.5. The molecule has 1 saturated heterocycles. The summed E-state index contributed by atoms with van der Waals surface area (Å²) in [5.74, 6) is 0.977. The molecule has 3 aliphatic rings. The highest BCUT2D eigenvalue weighted by molar-refractivity contribution is 9.10. The number of carbonyl (C=O) groups is 1. The van der Waals surface area contributed by atoms with Gasteiger partial charge in [-0.05, 0) is 55.5 Å². The van der Waals surface area contributed by atoms with Gasteiger partial charge in [0.05, 0.1) is 5.41 Å². The van der Waals surface area contributed by atoms with Gasteiger partial charge in [-0.3, -0.25) is 4.79 Å². The van der Waals surface area contributed by atoms with E-state index in [9.17, 15) is 4.79 Å². The SMILES string of the molecule is O=C(Nc1ccc2c(c1)OC1(CCCCC1)O2)C1(c2ccc(Br)cc2)CCOCC1. The number of halogens is 1. The van der Waals surface area contributed by atoms with Crippen molar-refractivity contribution in [2.75, 3.05) is 18.5 Å². The average Bonchev–Trinajstić information content (AvgIpc) is 3.11. The number of hydrogen-bond acceptors (Lipinski definition) is 4. The Morgan fingerprint density at radius 3 is 2.30 bits per heavy atom. The molecule has 5 rings (SSSR count). The van der Waals surface area contributed by atoms with Gasteiger partial charge in [0, 0.05) is 42.3 Å². The van der Waals surface area contributed by atoms with Gasteiger partial charge in [0.25, 0.3) is 5.79 Å². The maximum Gasteiger partial charge on any atom is 0.251 e. The van der Waals surface area contributed by atoms with Gasteiger partial charge in [0.2, 0.25) is 5.91 Å². The standard InChI is InChI=1S/C24H26BrNO4/c25-18-6-4-17(5-7-18)23(12-14-28-15-13-23)22(27)26-19-8-9-20-21(16-19)30-24(29-20)10-2-1-3-11-24/h4-9,16H,1-3,10-15H2,(H,26,27). The number of anilines is 1. The third kappa shape index (κ3) is 3.60. The van der Waals surface area contributed by atoms with Crippen LogP contribution in [0.25, 0.3) is 0 Å². The zero-order valence-electron chi connectivity index (χ0n) is 16.9. The van der Waals surface area contributed by atoms with E-state index in [4.69, 9.17) is 14.2 Å². The van der Waals surface area contributed by atoms with Gasteiger partial charge in [0.1, 0.15) is 0 Å². The number of hydrogen-bond donors (Lipinski definition) is 1. The van der Waals surface area contributed by atoms with Crippen LogP contribution in [0.1, 0.15) is 50.5 Å². The lowest BCUT2D eigenvalue weighted by Gasteiger charge is -2.36. The lowest BCUT2D eigenvalue weighted by molar-refractivity contribution is -0.125. The number of benzene rings is 2. The van der Waals surface area contributed by atoms with Gasteiger partial charge in [-0.2, -0.15) is 0 Å². The molecule has 0 bridgehead atoms. The Balaban J connectivity index is 1.38. The van der Waals surface area contributed by atoms with E-state index in [2.05, 4.69) is 21.2 Å². The second-order valence-electron chi connectivity index (χ2n) is 8.49. The van der Waals surface area contributed by atoms with E-state index < -0.39 is 11.2 Å². The van der Waals surface area contributed by atoms with E-state index in [0.29, 0.717) is 26.1 Å². The van der Waals surface area contributed by atoms with Crippen molar-refractivity contribution in [3.63, 3.8) is 0 Å². The van der Waals surface area contributed by atoms with Crippen molar-refractivity contribution in [1.29, 1.82) is 0 Å². The molecule has 1 aliphatic carbocycles. The van der Waals surface area contributed by atoms with Gasteiger partial charge >= 0.3 is 0 Å². The van der Waals surface area contributed by atoms with Crippen molar-refractivity contribution in [3.05, 3.63) is 52.5 Å². The van der Waals surface area contributed by atoms with Crippen molar-refractivity contribution in [2.24, 2.45) is 0 Å². The number of rotatable bonds is 3. The first-order chi connectivity index (χ1) is 14.6. The fraction of sp³-hybridized carbons (Fsp3) is 0.458. The summed E-state index contributed by atoms with van der Waals surface area (Å²) in [4.78, 5) is 13.5. The van der Waals surface area contributed by atoms with Crippen LogP contribution < -0.4 is 14.8 Å². The summed E-state index contributed by atoms with van der Waals surface area (Å²) in [5, 5.41) is 3.14. The number of fused-ring (bicyclic) bond motifs is 1.